The third-order valence-electron chi connectivity index (χ3n) is 3.97. The third kappa shape index (κ3) is 4.80. The molecular formula is C20H21FN2O2S. The molecule has 0 fully saturated rings. The molecule has 3 rings (SSSR count). The monoisotopic (exact) mass is 372 g/mol. The molecule has 136 valence electrons. The van der Waals surface area contributed by atoms with Crippen LogP contribution in [0.4, 0.5) is 4.39 Å². The fourth-order valence-corrected chi connectivity index (χ4v) is 3.58. The summed E-state index contributed by atoms with van der Waals surface area (Å²) in [6.45, 7) is 2.69. The summed E-state index contributed by atoms with van der Waals surface area (Å²) in [6.07, 6.45) is 0. The minimum absolute atomic E-state index is 0.0986. The number of nitrogens with one attached hydrogen (secondary N) is 1. The first kappa shape index (κ1) is 18.4. The highest BCUT2D eigenvalue weighted by atomic mass is 32.1. The lowest BCUT2D eigenvalue weighted by atomic mass is 10.1. The number of likely N-dealkylation sites (N-methyl/N-ethyl adjacent to an activating group) is 1. The lowest BCUT2D eigenvalue weighted by Gasteiger charge is -2.21. The molecule has 0 saturated carbocycles. The number of benzene rings is 1. The Kier molecular flexibility index (Phi) is 5.85. The molecule has 0 aliphatic rings. The maximum atomic E-state index is 13.2. The standard InChI is InChI=1S/C20H21FN2O2S/c1-14-5-10-17(25-14)12-23(2)13-19(24)22-20(18-4-3-11-26-18)15-6-8-16(21)9-7-15/h3-11,20H,12-13H2,1-2H3,(H,22,24)/t20-/m1/s1. The maximum absolute atomic E-state index is 13.2. The van der Waals surface area contributed by atoms with Gasteiger partial charge in [-0.3, -0.25) is 9.69 Å². The molecule has 0 saturated heterocycles. The van der Waals surface area contributed by atoms with Crippen LogP contribution in [0.25, 0.3) is 0 Å². The average molecular weight is 372 g/mol. The normalized spacial score (nSPS) is 12.3. The second-order valence-corrected chi connectivity index (χ2v) is 7.23. The van der Waals surface area contributed by atoms with Crippen LogP contribution >= 0.6 is 11.3 Å². The van der Waals surface area contributed by atoms with Crippen LogP contribution < -0.4 is 5.32 Å². The highest BCUT2D eigenvalue weighted by Gasteiger charge is 2.19. The van der Waals surface area contributed by atoms with Gasteiger partial charge in [0.1, 0.15) is 17.3 Å². The lowest BCUT2D eigenvalue weighted by Crippen LogP contribution is -2.37. The van der Waals surface area contributed by atoms with E-state index >= 15 is 0 Å². The van der Waals surface area contributed by atoms with E-state index in [2.05, 4.69) is 5.32 Å². The molecule has 0 bridgehead atoms. The molecule has 2 heterocycles. The molecule has 1 amide bonds. The number of rotatable bonds is 7. The quantitative estimate of drug-likeness (QED) is 0.678. The van der Waals surface area contributed by atoms with Gasteiger partial charge in [-0.25, -0.2) is 4.39 Å². The molecule has 1 aromatic carbocycles. The maximum Gasteiger partial charge on any atom is 0.234 e. The summed E-state index contributed by atoms with van der Waals surface area (Å²) >= 11 is 1.56. The van der Waals surface area contributed by atoms with Gasteiger partial charge >= 0.3 is 0 Å². The number of nitrogens with zero attached hydrogens (tertiary/aromatic N) is 1. The fourth-order valence-electron chi connectivity index (χ4n) is 2.77. The molecule has 26 heavy (non-hydrogen) atoms. The number of carbonyl (C=O) groups excluding carboxylic acids is 1. The molecule has 1 atom stereocenters. The summed E-state index contributed by atoms with van der Waals surface area (Å²) in [6, 6.07) is 13.7. The zero-order valence-corrected chi connectivity index (χ0v) is 15.6. The Balaban J connectivity index is 1.66. The molecule has 1 N–H and O–H groups in total. The first-order valence-corrected chi connectivity index (χ1v) is 9.21. The first-order valence-electron chi connectivity index (χ1n) is 8.33. The zero-order valence-electron chi connectivity index (χ0n) is 14.7. The third-order valence-corrected chi connectivity index (χ3v) is 4.91. The predicted molar refractivity (Wildman–Crippen MR) is 100 cm³/mol. The van der Waals surface area contributed by atoms with Crippen LogP contribution in [0, 0.1) is 12.7 Å². The molecule has 2 aromatic heterocycles. The van der Waals surface area contributed by atoms with Crippen LogP contribution in [0.15, 0.2) is 58.3 Å². The minimum atomic E-state index is -0.293. The van der Waals surface area contributed by atoms with Crippen molar-refractivity contribution in [2.45, 2.75) is 19.5 Å². The number of furan rings is 1. The van der Waals surface area contributed by atoms with Gasteiger partial charge in [-0.2, -0.15) is 0 Å². The largest absolute Gasteiger partial charge is 0.465 e. The van der Waals surface area contributed by atoms with Gasteiger partial charge in [-0.15, -0.1) is 11.3 Å². The topological polar surface area (TPSA) is 45.5 Å². The summed E-state index contributed by atoms with van der Waals surface area (Å²) in [5, 5.41) is 5.02. The van der Waals surface area contributed by atoms with Crippen molar-refractivity contribution in [3.05, 3.63) is 81.7 Å². The zero-order chi connectivity index (χ0) is 18.5. The Morgan fingerprint density at radius 2 is 2.00 bits per heavy atom. The molecule has 0 unspecified atom stereocenters. The SMILES string of the molecule is Cc1ccc(CN(C)CC(=O)N[C@H](c2ccc(F)cc2)c2cccs2)o1. The highest BCUT2D eigenvalue weighted by molar-refractivity contribution is 7.10. The van der Waals surface area contributed by atoms with Crippen molar-refractivity contribution < 1.29 is 13.6 Å². The van der Waals surface area contributed by atoms with Crippen LogP contribution in [0.2, 0.25) is 0 Å². The van der Waals surface area contributed by atoms with Gasteiger partial charge in [-0.1, -0.05) is 18.2 Å². The van der Waals surface area contributed by atoms with Crippen LogP contribution in [0.5, 0.6) is 0 Å². The van der Waals surface area contributed by atoms with Crippen molar-refractivity contribution in [2.24, 2.45) is 0 Å². The molecule has 0 radical (unpaired) electrons. The van der Waals surface area contributed by atoms with Crippen molar-refractivity contribution in [1.82, 2.24) is 10.2 Å². The van der Waals surface area contributed by atoms with E-state index in [9.17, 15) is 9.18 Å². The van der Waals surface area contributed by atoms with Crippen LogP contribution in [-0.4, -0.2) is 24.4 Å². The number of halogens is 1. The van der Waals surface area contributed by atoms with E-state index in [0.717, 1.165) is 22.0 Å². The van der Waals surface area contributed by atoms with E-state index in [1.165, 1.54) is 12.1 Å². The lowest BCUT2D eigenvalue weighted by molar-refractivity contribution is -0.122. The van der Waals surface area contributed by atoms with Gasteiger partial charge in [0, 0.05) is 4.88 Å². The Morgan fingerprint density at radius 3 is 2.62 bits per heavy atom. The number of aryl methyl sites for hydroxylation is 1. The van der Waals surface area contributed by atoms with Gasteiger partial charge in [0.25, 0.3) is 0 Å². The molecular weight excluding hydrogens is 351 g/mol. The number of amides is 1. The Morgan fingerprint density at radius 1 is 1.23 bits per heavy atom. The average Bonchev–Trinajstić information content (AvgIpc) is 3.25. The van der Waals surface area contributed by atoms with Gasteiger partial charge in [0.15, 0.2) is 0 Å². The molecule has 0 spiro atoms. The Hall–Kier alpha value is -2.44. The Labute approximate surface area is 156 Å². The summed E-state index contributed by atoms with van der Waals surface area (Å²) in [5.74, 6) is 1.29. The van der Waals surface area contributed by atoms with Gasteiger partial charge in [-0.05, 0) is 55.2 Å². The van der Waals surface area contributed by atoms with Gasteiger partial charge in [0.05, 0.1) is 19.1 Å². The fraction of sp³-hybridized carbons (Fsp3) is 0.250. The highest BCUT2D eigenvalue weighted by Crippen LogP contribution is 2.26. The molecule has 0 aliphatic heterocycles. The molecule has 6 heteroatoms. The van der Waals surface area contributed by atoms with Crippen molar-refractivity contribution >= 4 is 17.2 Å². The smallest absolute Gasteiger partial charge is 0.234 e. The summed E-state index contributed by atoms with van der Waals surface area (Å²) in [5.41, 5.74) is 0.853. The first-order chi connectivity index (χ1) is 12.5. The van der Waals surface area contributed by atoms with E-state index in [1.54, 1.807) is 23.5 Å². The van der Waals surface area contributed by atoms with Crippen molar-refractivity contribution in [3.63, 3.8) is 0 Å². The van der Waals surface area contributed by atoms with Gasteiger partial charge in [0.2, 0.25) is 5.91 Å². The number of hydrogen-bond donors (Lipinski definition) is 1. The van der Waals surface area contributed by atoms with Crippen molar-refractivity contribution in [1.29, 1.82) is 0 Å². The second-order valence-electron chi connectivity index (χ2n) is 6.25. The van der Waals surface area contributed by atoms with E-state index in [-0.39, 0.29) is 24.3 Å². The number of thiophene rings is 1. The van der Waals surface area contributed by atoms with E-state index < -0.39 is 0 Å². The van der Waals surface area contributed by atoms with Crippen molar-refractivity contribution in [3.8, 4) is 0 Å². The predicted octanol–water partition coefficient (Wildman–Crippen LogP) is 4.13. The second kappa shape index (κ2) is 8.29. The summed E-state index contributed by atoms with van der Waals surface area (Å²) in [4.78, 5) is 15.4. The summed E-state index contributed by atoms with van der Waals surface area (Å²) in [7, 11) is 1.87. The number of hydrogen-bond acceptors (Lipinski definition) is 4. The van der Waals surface area contributed by atoms with Crippen LogP contribution in [0.3, 0.4) is 0 Å². The molecule has 3 aromatic rings. The van der Waals surface area contributed by atoms with E-state index in [0.29, 0.717) is 6.54 Å². The molecule has 0 aliphatic carbocycles. The van der Waals surface area contributed by atoms with Gasteiger partial charge < -0.3 is 9.73 Å². The van der Waals surface area contributed by atoms with Crippen LogP contribution in [0.1, 0.15) is 28.0 Å². The Bertz CT molecular complexity index is 843. The molecule has 4 nitrogen and oxygen atoms in total. The van der Waals surface area contributed by atoms with Crippen LogP contribution in [-0.2, 0) is 11.3 Å². The minimum Gasteiger partial charge on any atom is -0.465 e. The number of carbonyl (C=O) groups is 1. The van der Waals surface area contributed by atoms with Crippen molar-refractivity contribution in [2.75, 3.05) is 13.6 Å². The summed E-state index contributed by atoms with van der Waals surface area (Å²) < 4.78 is 18.8. The van der Waals surface area contributed by atoms with E-state index in [1.807, 2.05) is 48.5 Å². The van der Waals surface area contributed by atoms with E-state index in [4.69, 9.17) is 4.42 Å².